The second-order valence-electron chi connectivity index (χ2n) is 6.52. The molecule has 0 atom stereocenters. The Bertz CT molecular complexity index is 920. The Hall–Kier alpha value is -2.65. The standard InChI is InChI=1S/C21H22BrN3O4S/c1-2-29-21(28)25-11-9-24(10-12-25)20(27)17(14-15-5-7-16(22)8-6-15)23-19(26)18-4-3-13-30-18/h3-8,13-14H,2,9-12H2,1H3,(H,23,26). The number of nitrogens with zero attached hydrogens (tertiary/aromatic N) is 2. The zero-order valence-electron chi connectivity index (χ0n) is 16.5. The summed E-state index contributed by atoms with van der Waals surface area (Å²) in [7, 11) is 0. The first-order valence-corrected chi connectivity index (χ1v) is 11.2. The van der Waals surface area contributed by atoms with E-state index in [9.17, 15) is 14.4 Å². The van der Waals surface area contributed by atoms with E-state index in [0.29, 0.717) is 37.7 Å². The van der Waals surface area contributed by atoms with Crippen molar-refractivity contribution in [3.05, 3.63) is 62.4 Å². The molecular formula is C21H22BrN3O4S. The molecule has 1 saturated heterocycles. The fraction of sp³-hybridized carbons (Fsp3) is 0.286. The van der Waals surface area contributed by atoms with Gasteiger partial charge in [0.05, 0.1) is 11.5 Å². The van der Waals surface area contributed by atoms with Crippen LogP contribution < -0.4 is 5.32 Å². The quantitative estimate of drug-likeness (QED) is 0.648. The van der Waals surface area contributed by atoms with Crippen LogP contribution in [0.5, 0.6) is 0 Å². The van der Waals surface area contributed by atoms with Crippen LogP contribution in [0.3, 0.4) is 0 Å². The van der Waals surface area contributed by atoms with Crippen LogP contribution >= 0.6 is 27.3 Å². The molecule has 1 N–H and O–H groups in total. The van der Waals surface area contributed by atoms with Gasteiger partial charge in [0.1, 0.15) is 5.70 Å². The third-order valence-electron chi connectivity index (χ3n) is 4.50. The van der Waals surface area contributed by atoms with Gasteiger partial charge < -0.3 is 19.9 Å². The fourth-order valence-corrected chi connectivity index (χ4v) is 3.83. The van der Waals surface area contributed by atoms with Crippen LogP contribution in [0.25, 0.3) is 6.08 Å². The van der Waals surface area contributed by atoms with E-state index in [2.05, 4.69) is 21.2 Å². The van der Waals surface area contributed by atoms with Gasteiger partial charge in [-0.05, 0) is 42.1 Å². The molecular weight excluding hydrogens is 470 g/mol. The first kappa shape index (κ1) is 22.0. The maximum absolute atomic E-state index is 13.2. The summed E-state index contributed by atoms with van der Waals surface area (Å²) in [6, 6.07) is 10.9. The number of rotatable bonds is 5. The van der Waals surface area contributed by atoms with Gasteiger partial charge in [0.2, 0.25) is 0 Å². The molecule has 0 radical (unpaired) electrons. The zero-order valence-corrected chi connectivity index (χ0v) is 18.9. The van der Waals surface area contributed by atoms with E-state index in [4.69, 9.17) is 4.74 Å². The highest BCUT2D eigenvalue weighted by Crippen LogP contribution is 2.16. The van der Waals surface area contributed by atoms with Crippen LogP contribution in [-0.2, 0) is 9.53 Å². The number of amides is 3. The maximum Gasteiger partial charge on any atom is 0.409 e. The third kappa shape index (κ3) is 5.70. The number of thiophene rings is 1. The average Bonchev–Trinajstić information content (AvgIpc) is 3.30. The lowest BCUT2D eigenvalue weighted by molar-refractivity contribution is -0.128. The highest BCUT2D eigenvalue weighted by atomic mass is 79.9. The number of nitrogens with one attached hydrogen (secondary N) is 1. The van der Waals surface area contributed by atoms with Crippen LogP contribution in [0, 0.1) is 0 Å². The molecule has 0 saturated carbocycles. The van der Waals surface area contributed by atoms with Gasteiger partial charge in [0.15, 0.2) is 0 Å². The highest BCUT2D eigenvalue weighted by molar-refractivity contribution is 9.10. The minimum absolute atomic E-state index is 0.195. The first-order valence-electron chi connectivity index (χ1n) is 9.51. The zero-order chi connectivity index (χ0) is 21.5. The lowest BCUT2D eigenvalue weighted by Crippen LogP contribution is -2.52. The molecule has 3 rings (SSSR count). The summed E-state index contributed by atoms with van der Waals surface area (Å²) in [5, 5.41) is 4.57. The summed E-state index contributed by atoms with van der Waals surface area (Å²) in [5.41, 5.74) is 0.985. The summed E-state index contributed by atoms with van der Waals surface area (Å²) in [4.78, 5) is 41.4. The summed E-state index contributed by atoms with van der Waals surface area (Å²) >= 11 is 4.70. The van der Waals surface area contributed by atoms with Crippen LogP contribution in [0.4, 0.5) is 4.79 Å². The second-order valence-corrected chi connectivity index (χ2v) is 8.38. The number of hydrogen-bond acceptors (Lipinski definition) is 5. The molecule has 0 unspecified atom stereocenters. The smallest absolute Gasteiger partial charge is 0.409 e. The molecule has 30 heavy (non-hydrogen) atoms. The number of benzene rings is 1. The van der Waals surface area contributed by atoms with Crippen molar-refractivity contribution in [2.45, 2.75) is 6.92 Å². The van der Waals surface area contributed by atoms with Crippen molar-refractivity contribution in [3.63, 3.8) is 0 Å². The monoisotopic (exact) mass is 491 g/mol. The molecule has 1 aliphatic rings. The van der Waals surface area contributed by atoms with Gasteiger partial charge in [-0.3, -0.25) is 9.59 Å². The van der Waals surface area contributed by atoms with Crippen molar-refractivity contribution in [2.75, 3.05) is 32.8 Å². The van der Waals surface area contributed by atoms with Gasteiger partial charge in [-0.25, -0.2) is 4.79 Å². The van der Waals surface area contributed by atoms with E-state index < -0.39 is 0 Å². The van der Waals surface area contributed by atoms with E-state index in [0.717, 1.165) is 10.0 Å². The van der Waals surface area contributed by atoms with Crippen LogP contribution in [0.2, 0.25) is 0 Å². The van der Waals surface area contributed by atoms with Crippen molar-refractivity contribution >= 4 is 51.3 Å². The van der Waals surface area contributed by atoms with Crippen LogP contribution in [0.15, 0.2) is 51.9 Å². The molecule has 1 aliphatic heterocycles. The summed E-state index contributed by atoms with van der Waals surface area (Å²) < 4.78 is 5.94. The molecule has 1 fully saturated rings. The number of piperazine rings is 1. The van der Waals surface area contributed by atoms with Gasteiger partial charge in [0.25, 0.3) is 11.8 Å². The number of ether oxygens (including phenoxy) is 1. The molecule has 2 aromatic rings. The molecule has 0 spiro atoms. The number of hydrogen-bond donors (Lipinski definition) is 1. The van der Waals surface area contributed by atoms with Crippen LogP contribution in [-0.4, -0.2) is 60.5 Å². The van der Waals surface area contributed by atoms with E-state index in [1.807, 2.05) is 29.6 Å². The topological polar surface area (TPSA) is 79.0 Å². The molecule has 7 nitrogen and oxygen atoms in total. The Labute approximate surface area is 187 Å². The molecule has 1 aromatic carbocycles. The predicted molar refractivity (Wildman–Crippen MR) is 119 cm³/mol. The van der Waals surface area contributed by atoms with Crippen molar-refractivity contribution in [1.82, 2.24) is 15.1 Å². The van der Waals surface area contributed by atoms with Crippen molar-refractivity contribution in [3.8, 4) is 0 Å². The van der Waals surface area contributed by atoms with Gasteiger partial charge >= 0.3 is 6.09 Å². The van der Waals surface area contributed by atoms with E-state index in [-0.39, 0.29) is 23.6 Å². The van der Waals surface area contributed by atoms with Crippen molar-refractivity contribution < 1.29 is 19.1 Å². The Morgan fingerprint density at radius 3 is 2.37 bits per heavy atom. The van der Waals surface area contributed by atoms with Crippen molar-refractivity contribution in [2.24, 2.45) is 0 Å². The minimum Gasteiger partial charge on any atom is -0.450 e. The lowest BCUT2D eigenvalue weighted by atomic mass is 10.1. The largest absolute Gasteiger partial charge is 0.450 e. The third-order valence-corrected chi connectivity index (χ3v) is 5.89. The number of halogens is 1. The Balaban J connectivity index is 1.76. The molecule has 0 bridgehead atoms. The van der Waals surface area contributed by atoms with E-state index in [1.54, 1.807) is 34.9 Å². The summed E-state index contributed by atoms with van der Waals surface area (Å²) in [6.07, 6.45) is 1.29. The Morgan fingerprint density at radius 1 is 1.10 bits per heavy atom. The van der Waals surface area contributed by atoms with Crippen LogP contribution in [0.1, 0.15) is 22.2 Å². The molecule has 3 amide bonds. The first-order chi connectivity index (χ1) is 14.5. The lowest BCUT2D eigenvalue weighted by Gasteiger charge is -2.34. The van der Waals surface area contributed by atoms with Crippen molar-refractivity contribution in [1.29, 1.82) is 0 Å². The molecule has 0 aliphatic carbocycles. The SMILES string of the molecule is CCOC(=O)N1CCN(C(=O)C(=Cc2ccc(Br)cc2)NC(=O)c2cccs2)CC1. The van der Waals surface area contributed by atoms with Gasteiger partial charge in [-0.2, -0.15) is 0 Å². The summed E-state index contributed by atoms with van der Waals surface area (Å²) in [6.45, 7) is 3.57. The van der Waals surface area contributed by atoms with Gasteiger partial charge in [0, 0.05) is 30.7 Å². The van der Waals surface area contributed by atoms with Gasteiger partial charge in [-0.1, -0.05) is 34.1 Å². The number of carbonyl (C=O) groups excluding carboxylic acids is 3. The highest BCUT2D eigenvalue weighted by Gasteiger charge is 2.27. The normalized spacial score (nSPS) is 14.4. The second kappa shape index (κ2) is 10.4. The minimum atomic E-state index is -0.374. The average molecular weight is 492 g/mol. The predicted octanol–water partition coefficient (Wildman–Crippen LogP) is 3.58. The Kier molecular flexibility index (Phi) is 7.64. The molecule has 9 heteroatoms. The Morgan fingerprint density at radius 2 is 1.77 bits per heavy atom. The molecule has 2 heterocycles. The maximum atomic E-state index is 13.2. The molecule has 158 valence electrons. The molecule has 1 aromatic heterocycles. The number of carbonyl (C=O) groups is 3. The van der Waals surface area contributed by atoms with Gasteiger partial charge in [-0.15, -0.1) is 11.3 Å². The summed E-state index contributed by atoms with van der Waals surface area (Å²) in [5.74, 6) is -0.613. The van der Waals surface area contributed by atoms with E-state index >= 15 is 0 Å². The van der Waals surface area contributed by atoms with E-state index in [1.165, 1.54) is 11.3 Å². The fourth-order valence-electron chi connectivity index (χ4n) is 2.95.